The minimum Gasteiger partial charge on any atom is -0.506 e. The van der Waals surface area contributed by atoms with Crippen molar-refractivity contribution < 1.29 is 23.0 Å². The summed E-state index contributed by atoms with van der Waals surface area (Å²) in [5.74, 6) is 0.246. The molecule has 0 atom stereocenters. The van der Waals surface area contributed by atoms with Crippen molar-refractivity contribution in [3.05, 3.63) is 52.3 Å². The molecule has 0 saturated carbocycles. The first-order valence-electron chi connectivity index (χ1n) is 8.78. The van der Waals surface area contributed by atoms with Crippen molar-refractivity contribution in [3.63, 3.8) is 0 Å². The Morgan fingerprint density at radius 3 is 2.59 bits per heavy atom. The monoisotopic (exact) mass is 420 g/mol. The zero-order valence-electron chi connectivity index (χ0n) is 15.1. The largest absolute Gasteiger partial charge is 0.506 e. The van der Waals surface area contributed by atoms with E-state index in [4.69, 9.17) is 4.74 Å². The summed E-state index contributed by atoms with van der Waals surface area (Å²) in [6.45, 7) is 2.52. The van der Waals surface area contributed by atoms with Crippen LogP contribution in [0.25, 0.3) is 31.7 Å². The molecule has 4 aromatic rings. The molecule has 150 valence electrons. The summed E-state index contributed by atoms with van der Waals surface area (Å²) >= 11 is 0.894. The predicted octanol–water partition coefficient (Wildman–Crippen LogP) is 5.32. The lowest BCUT2D eigenvalue weighted by atomic mass is 10.1. The molecule has 1 aromatic carbocycles. The Morgan fingerprint density at radius 1 is 1.21 bits per heavy atom. The zero-order valence-corrected chi connectivity index (χ0v) is 15.9. The Balaban J connectivity index is 1.94. The number of aromatic hydroxyl groups is 1. The molecule has 0 saturated heterocycles. The topological polar surface area (TPSA) is 75.2 Å². The van der Waals surface area contributed by atoms with E-state index in [1.165, 1.54) is 0 Å². The number of nitrogens with one attached hydrogen (secondary N) is 1. The summed E-state index contributed by atoms with van der Waals surface area (Å²) in [7, 11) is 0. The van der Waals surface area contributed by atoms with Crippen LogP contribution in [0.2, 0.25) is 0 Å². The third-order valence-corrected chi connectivity index (χ3v) is 5.45. The van der Waals surface area contributed by atoms with Gasteiger partial charge in [-0.3, -0.25) is 4.79 Å². The lowest BCUT2D eigenvalue weighted by Gasteiger charge is -2.11. The van der Waals surface area contributed by atoms with Crippen LogP contribution in [0.5, 0.6) is 11.5 Å². The van der Waals surface area contributed by atoms with Gasteiger partial charge in [-0.1, -0.05) is 6.92 Å². The van der Waals surface area contributed by atoms with Crippen molar-refractivity contribution in [2.75, 3.05) is 6.61 Å². The van der Waals surface area contributed by atoms with E-state index in [1.807, 2.05) is 6.92 Å². The number of rotatable bonds is 4. The smallest absolute Gasteiger partial charge is 0.417 e. The molecular formula is C20H15F3N2O3S. The Kier molecular flexibility index (Phi) is 4.70. The van der Waals surface area contributed by atoms with Gasteiger partial charge in [0.25, 0.3) is 5.56 Å². The molecule has 0 radical (unpaired) electrons. The molecule has 0 unspecified atom stereocenters. The van der Waals surface area contributed by atoms with Crippen LogP contribution in [0.1, 0.15) is 18.9 Å². The van der Waals surface area contributed by atoms with Crippen LogP contribution in [0, 0.1) is 0 Å². The van der Waals surface area contributed by atoms with Crippen molar-refractivity contribution in [1.29, 1.82) is 0 Å². The first kappa shape index (κ1) is 19.3. The fraction of sp³-hybridized carbons (Fsp3) is 0.200. The highest BCUT2D eigenvalue weighted by Crippen LogP contribution is 2.44. The molecule has 0 aliphatic rings. The zero-order chi connectivity index (χ0) is 20.8. The van der Waals surface area contributed by atoms with E-state index in [1.54, 1.807) is 24.3 Å². The Hall–Kier alpha value is -3.07. The van der Waals surface area contributed by atoms with Gasteiger partial charge in [0.1, 0.15) is 16.3 Å². The Bertz CT molecular complexity index is 1260. The number of halogens is 3. The van der Waals surface area contributed by atoms with Gasteiger partial charge in [-0.05, 0) is 36.8 Å². The highest BCUT2D eigenvalue weighted by molar-refractivity contribution is 7.25. The number of H-pyrrole nitrogens is 1. The number of ether oxygens (including phenoxy) is 1. The highest BCUT2D eigenvalue weighted by atomic mass is 32.1. The van der Waals surface area contributed by atoms with Gasteiger partial charge < -0.3 is 14.8 Å². The molecule has 0 aliphatic heterocycles. The summed E-state index contributed by atoms with van der Waals surface area (Å²) in [5, 5.41) is 9.78. The number of pyridine rings is 2. The van der Waals surface area contributed by atoms with E-state index in [9.17, 15) is 23.1 Å². The summed E-state index contributed by atoms with van der Waals surface area (Å²) < 4.78 is 47.1. The molecule has 5 nitrogen and oxygen atoms in total. The predicted molar refractivity (Wildman–Crippen MR) is 106 cm³/mol. The third kappa shape index (κ3) is 3.53. The van der Waals surface area contributed by atoms with Crippen LogP contribution in [0.15, 0.2) is 41.2 Å². The third-order valence-electron chi connectivity index (χ3n) is 4.34. The first-order valence-corrected chi connectivity index (χ1v) is 9.59. The normalized spacial score (nSPS) is 12.0. The number of benzene rings is 1. The Morgan fingerprint density at radius 2 is 1.93 bits per heavy atom. The maximum atomic E-state index is 13.8. The van der Waals surface area contributed by atoms with Crippen LogP contribution in [0.3, 0.4) is 0 Å². The van der Waals surface area contributed by atoms with Crippen molar-refractivity contribution in [2.45, 2.75) is 19.5 Å². The van der Waals surface area contributed by atoms with Crippen LogP contribution in [-0.2, 0) is 6.18 Å². The van der Waals surface area contributed by atoms with E-state index < -0.39 is 17.3 Å². The van der Waals surface area contributed by atoms with Gasteiger partial charge in [-0.2, -0.15) is 13.2 Å². The number of hydrogen-bond acceptors (Lipinski definition) is 5. The average Bonchev–Trinajstić information content (AvgIpc) is 3.04. The second-order valence-electron chi connectivity index (χ2n) is 6.43. The number of hydrogen-bond donors (Lipinski definition) is 2. The van der Waals surface area contributed by atoms with Gasteiger partial charge in [0, 0.05) is 17.0 Å². The molecule has 0 amide bonds. The molecule has 9 heteroatoms. The van der Waals surface area contributed by atoms with E-state index in [0.717, 1.165) is 29.9 Å². The molecule has 2 N–H and O–H groups in total. The fourth-order valence-electron chi connectivity index (χ4n) is 3.06. The lowest BCUT2D eigenvalue weighted by molar-refractivity contribution is -0.136. The maximum absolute atomic E-state index is 13.8. The van der Waals surface area contributed by atoms with E-state index >= 15 is 0 Å². The minimum absolute atomic E-state index is 0.0651. The molecule has 3 heterocycles. The van der Waals surface area contributed by atoms with Crippen LogP contribution in [0.4, 0.5) is 13.2 Å². The standard InChI is InChI=1S/C20H15F3N2O3S/c1-2-7-28-11-5-3-10(4-6-11)13-8-12(20(21,22)23)16-17-18(29-19(16)24-13)14(26)9-15(27)25-17/h3-6,8-9H,2,7H2,1H3,(H2,25,26,27). The molecule has 3 aromatic heterocycles. The van der Waals surface area contributed by atoms with Gasteiger partial charge >= 0.3 is 6.18 Å². The average molecular weight is 420 g/mol. The van der Waals surface area contributed by atoms with Crippen LogP contribution < -0.4 is 10.3 Å². The van der Waals surface area contributed by atoms with Gasteiger partial charge in [-0.15, -0.1) is 11.3 Å². The van der Waals surface area contributed by atoms with E-state index in [0.29, 0.717) is 17.9 Å². The van der Waals surface area contributed by atoms with Gasteiger partial charge in [0.05, 0.1) is 28.1 Å². The number of aromatic amines is 1. The van der Waals surface area contributed by atoms with Crippen molar-refractivity contribution in [3.8, 4) is 22.8 Å². The summed E-state index contributed by atoms with van der Waals surface area (Å²) in [6.07, 6.45) is -3.83. The highest BCUT2D eigenvalue weighted by Gasteiger charge is 2.35. The number of alkyl halides is 3. The quantitative estimate of drug-likeness (QED) is 0.469. The fourth-order valence-corrected chi connectivity index (χ4v) is 4.13. The number of aromatic nitrogens is 2. The molecule has 29 heavy (non-hydrogen) atoms. The lowest BCUT2D eigenvalue weighted by Crippen LogP contribution is -2.08. The van der Waals surface area contributed by atoms with Crippen molar-refractivity contribution in [1.82, 2.24) is 9.97 Å². The van der Waals surface area contributed by atoms with Crippen molar-refractivity contribution in [2.24, 2.45) is 0 Å². The number of nitrogens with zero attached hydrogens (tertiary/aromatic N) is 1. The molecule has 0 bridgehead atoms. The summed E-state index contributed by atoms with van der Waals surface area (Å²) in [4.78, 5) is 18.5. The number of thiophene rings is 1. The minimum atomic E-state index is -4.67. The summed E-state index contributed by atoms with van der Waals surface area (Å²) in [5.41, 5.74) is -1.03. The van der Waals surface area contributed by atoms with E-state index in [-0.39, 0.29) is 31.9 Å². The first-order chi connectivity index (χ1) is 13.8. The molecule has 4 rings (SSSR count). The van der Waals surface area contributed by atoms with Gasteiger partial charge in [0.15, 0.2) is 0 Å². The molecular weight excluding hydrogens is 405 g/mol. The molecule has 0 aliphatic carbocycles. The van der Waals surface area contributed by atoms with Crippen molar-refractivity contribution >= 4 is 31.8 Å². The second kappa shape index (κ2) is 7.07. The van der Waals surface area contributed by atoms with Crippen LogP contribution >= 0.6 is 11.3 Å². The molecule has 0 spiro atoms. The maximum Gasteiger partial charge on any atom is 0.417 e. The van der Waals surface area contributed by atoms with Gasteiger partial charge in [0.2, 0.25) is 0 Å². The SMILES string of the molecule is CCCOc1ccc(-c2cc(C(F)(F)F)c3c(n2)sc2c(O)cc(=O)[nH]c23)cc1. The molecule has 0 fully saturated rings. The summed E-state index contributed by atoms with van der Waals surface area (Å²) in [6, 6.07) is 8.54. The van der Waals surface area contributed by atoms with Gasteiger partial charge in [-0.25, -0.2) is 4.98 Å². The Labute approximate surface area is 166 Å². The van der Waals surface area contributed by atoms with E-state index in [2.05, 4.69) is 9.97 Å². The second-order valence-corrected chi connectivity index (χ2v) is 7.43. The number of fused-ring (bicyclic) bond motifs is 3. The van der Waals surface area contributed by atoms with Crippen LogP contribution in [-0.4, -0.2) is 21.7 Å².